The lowest BCUT2D eigenvalue weighted by Crippen LogP contribution is -2.16. The molecule has 3 nitrogen and oxygen atoms in total. The van der Waals surface area contributed by atoms with Crippen LogP contribution in [0, 0.1) is 0 Å². The van der Waals surface area contributed by atoms with Crippen molar-refractivity contribution in [2.24, 2.45) is 0 Å². The molecule has 2 N–H and O–H groups in total. The van der Waals surface area contributed by atoms with Gasteiger partial charge in [-0.05, 0) is 36.7 Å². The Labute approximate surface area is 145 Å². The molecule has 0 saturated heterocycles. The predicted molar refractivity (Wildman–Crippen MR) is 95.9 cm³/mol. The van der Waals surface area contributed by atoms with Crippen LogP contribution in [-0.4, -0.2) is 16.7 Å². The second-order valence-corrected chi connectivity index (χ2v) is 6.15. The molecule has 0 aliphatic heterocycles. The Kier molecular flexibility index (Phi) is 5.34. The number of H-pyrrole nitrogens is 1. The molecule has 0 radical (unpaired) electrons. The van der Waals surface area contributed by atoms with E-state index in [9.17, 15) is 0 Å². The van der Waals surface area contributed by atoms with E-state index in [2.05, 4.69) is 39.8 Å². The molecule has 0 aliphatic rings. The predicted octanol–water partition coefficient (Wildman–Crippen LogP) is 4.72. The van der Waals surface area contributed by atoms with Gasteiger partial charge in [-0.3, -0.25) is 5.10 Å². The Morgan fingerprint density at radius 3 is 2.65 bits per heavy atom. The van der Waals surface area contributed by atoms with Gasteiger partial charge in [0.25, 0.3) is 0 Å². The van der Waals surface area contributed by atoms with Crippen LogP contribution in [0.3, 0.4) is 0 Å². The third kappa shape index (κ3) is 4.14. The second kappa shape index (κ2) is 7.64. The van der Waals surface area contributed by atoms with Crippen LogP contribution < -0.4 is 5.32 Å². The van der Waals surface area contributed by atoms with Crippen molar-refractivity contribution in [3.63, 3.8) is 0 Å². The molecule has 3 aromatic rings. The molecule has 0 fully saturated rings. The topological polar surface area (TPSA) is 40.7 Å². The van der Waals surface area contributed by atoms with Gasteiger partial charge in [0.05, 0.1) is 16.9 Å². The molecule has 1 heterocycles. The van der Waals surface area contributed by atoms with Gasteiger partial charge in [-0.15, -0.1) is 0 Å². The van der Waals surface area contributed by atoms with Crippen molar-refractivity contribution in [1.29, 1.82) is 0 Å². The Morgan fingerprint density at radius 2 is 1.87 bits per heavy atom. The van der Waals surface area contributed by atoms with Crippen molar-refractivity contribution in [3.05, 3.63) is 75.9 Å². The monoisotopic (exact) mass is 345 g/mol. The molecule has 0 spiro atoms. The van der Waals surface area contributed by atoms with E-state index in [0.717, 1.165) is 36.3 Å². The molecule has 0 unspecified atom stereocenters. The van der Waals surface area contributed by atoms with Gasteiger partial charge < -0.3 is 5.32 Å². The summed E-state index contributed by atoms with van der Waals surface area (Å²) in [4.78, 5) is 0. The number of aromatic nitrogens is 2. The summed E-state index contributed by atoms with van der Waals surface area (Å²) in [6, 6.07) is 15.9. The minimum absolute atomic E-state index is 0.618. The van der Waals surface area contributed by atoms with Crippen molar-refractivity contribution in [2.45, 2.75) is 13.0 Å². The van der Waals surface area contributed by atoms with Crippen molar-refractivity contribution >= 4 is 23.2 Å². The fourth-order valence-corrected chi connectivity index (χ4v) is 2.97. The number of nitrogens with zero attached hydrogens (tertiary/aromatic N) is 1. The Morgan fingerprint density at radius 1 is 1.04 bits per heavy atom. The van der Waals surface area contributed by atoms with Gasteiger partial charge in [0.1, 0.15) is 0 Å². The van der Waals surface area contributed by atoms with E-state index >= 15 is 0 Å². The molecule has 2 aromatic carbocycles. The molecular weight excluding hydrogens is 329 g/mol. The van der Waals surface area contributed by atoms with Crippen LogP contribution in [0.2, 0.25) is 10.0 Å². The largest absolute Gasteiger partial charge is 0.312 e. The van der Waals surface area contributed by atoms with Gasteiger partial charge in [0.15, 0.2) is 0 Å². The summed E-state index contributed by atoms with van der Waals surface area (Å²) in [5.74, 6) is 0. The van der Waals surface area contributed by atoms with Gasteiger partial charge >= 0.3 is 0 Å². The molecule has 1 aromatic heterocycles. The number of rotatable bonds is 6. The van der Waals surface area contributed by atoms with E-state index in [1.54, 1.807) is 6.07 Å². The summed E-state index contributed by atoms with van der Waals surface area (Å²) in [6.07, 6.45) is 2.82. The Hall–Kier alpha value is -1.81. The van der Waals surface area contributed by atoms with Crippen LogP contribution >= 0.6 is 23.2 Å². The average molecular weight is 346 g/mol. The minimum atomic E-state index is 0.618. The first kappa shape index (κ1) is 16.1. The molecule has 23 heavy (non-hydrogen) atoms. The first-order valence-corrected chi connectivity index (χ1v) is 8.22. The lowest BCUT2D eigenvalue weighted by Gasteiger charge is -2.08. The SMILES string of the molecule is Clc1ccc(-c2[nH]ncc2CNCCc2ccccc2)c(Cl)c1. The summed E-state index contributed by atoms with van der Waals surface area (Å²) < 4.78 is 0. The fourth-order valence-electron chi connectivity index (χ4n) is 2.47. The van der Waals surface area contributed by atoms with Crippen molar-refractivity contribution in [3.8, 4) is 11.3 Å². The van der Waals surface area contributed by atoms with Crippen molar-refractivity contribution in [1.82, 2.24) is 15.5 Å². The molecule has 5 heteroatoms. The Bertz CT molecular complexity index is 769. The van der Waals surface area contributed by atoms with Gasteiger partial charge in [0.2, 0.25) is 0 Å². The van der Waals surface area contributed by atoms with E-state index < -0.39 is 0 Å². The van der Waals surface area contributed by atoms with Gasteiger partial charge in [-0.1, -0.05) is 53.5 Å². The van der Waals surface area contributed by atoms with Crippen molar-refractivity contribution in [2.75, 3.05) is 6.54 Å². The van der Waals surface area contributed by atoms with E-state index in [1.807, 2.05) is 24.4 Å². The molecule has 0 amide bonds. The number of benzene rings is 2. The lowest BCUT2D eigenvalue weighted by atomic mass is 10.1. The summed E-state index contributed by atoms with van der Waals surface area (Å²) in [5.41, 5.74) is 4.25. The Balaban J connectivity index is 1.62. The maximum absolute atomic E-state index is 6.28. The summed E-state index contributed by atoms with van der Waals surface area (Å²) >= 11 is 12.2. The highest BCUT2D eigenvalue weighted by molar-refractivity contribution is 6.36. The van der Waals surface area contributed by atoms with Crippen LogP contribution in [0.5, 0.6) is 0 Å². The summed E-state index contributed by atoms with van der Waals surface area (Å²) in [6.45, 7) is 1.64. The molecule has 3 rings (SSSR count). The number of nitrogens with one attached hydrogen (secondary N) is 2. The maximum Gasteiger partial charge on any atom is 0.0710 e. The van der Waals surface area contributed by atoms with Gasteiger partial charge in [-0.2, -0.15) is 5.10 Å². The molecular formula is C18H17Cl2N3. The normalized spacial score (nSPS) is 10.9. The highest BCUT2D eigenvalue weighted by Crippen LogP contribution is 2.30. The number of aromatic amines is 1. The van der Waals surface area contributed by atoms with Crippen LogP contribution in [0.25, 0.3) is 11.3 Å². The smallest absolute Gasteiger partial charge is 0.0710 e. The van der Waals surface area contributed by atoms with E-state index in [-0.39, 0.29) is 0 Å². The van der Waals surface area contributed by atoms with Gasteiger partial charge in [0, 0.05) is 22.7 Å². The number of hydrogen-bond acceptors (Lipinski definition) is 2. The lowest BCUT2D eigenvalue weighted by molar-refractivity contribution is 0.688. The zero-order chi connectivity index (χ0) is 16.1. The van der Waals surface area contributed by atoms with Crippen molar-refractivity contribution < 1.29 is 0 Å². The maximum atomic E-state index is 6.28. The van der Waals surface area contributed by atoms with Gasteiger partial charge in [-0.25, -0.2) is 0 Å². The quantitative estimate of drug-likeness (QED) is 0.635. The highest BCUT2D eigenvalue weighted by Gasteiger charge is 2.11. The minimum Gasteiger partial charge on any atom is -0.312 e. The molecule has 0 saturated carbocycles. The van der Waals surface area contributed by atoms with Crippen LogP contribution in [0.15, 0.2) is 54.7 Å². The fraction of sp³-hybridized carbons (Fsp3) is 0.167. The number of hydrogen-bond donors (Lipinski definition) is 2. The zero-order valence-corrected chi connectivity index (χ0v) is 14.0. The summed E-state index contributed by atoms with van der Waals surface area (Å²) in [7, 11) is 0. The van der Waals surface area contributed by atoms with Crippen LogP contribution in [0.1, 0.15) is 11.1 Å². The first-order valence-electron chi connectivity index (χ1n) is 7.46. The van der Waals surface area contributed by atoms with E-state index in [0.29, 0.717) is 10.0 Å². The highest BCUT2D eigenvalue weighted by atomic mass is 35.5. The van der Waals surface area contributed by atoms with E-state index in [4.69, 9.17) is 23.2 Å². The molecule has 0 aliphatic carbocycles. The third-order valence-corrected chi connectivity index (χ3v) is 4.21. The summed E-state index contributed by atoms with van der Waals surface area (Å²) in [5, 5.41) is 11.9. The number of halogens is 2. The second-order valence-electron chi connectivity index (χ2n) is 5.31. The average Bonchev–Trinajstić information content (AvgIpc) is 3.01. The molecule has 0 bridgehead atoms. The zero-order valence-electron chi connectivity index (χ0n) is 12.5. The third-order valence-electron chi connectivity index (χ3n) is 3.67. The van der Waals surface area contributed by atoms with Crippen LogP contribution in [0.4, 0.5) is 0 Å². The van der Waals surface area contributed by atoms with E-state index in [1.165, 1.54) is 5.56 Å². The molecule has 118 valence electrons. The van der Waals surface area contributed by atoms with Crippen LogP contribution in [-0.2, 0) is 13.0 Å². The first-order chi connectivity index (χ1) is 11.2. The standard InChI is InChI=1S/C18H17Cl2N3/c19-15-6-7-16(17(20)10-15)18-14(12-22-23-18)11-21-9-8-13-4-2-1-3-5-13/h1-7,10,12,21H,8-9,11H2,(H,22,23). The molecule has 0 atom stereocenters.